The van der Waals surface area contributed by atoms with Gasteiger partial charge in [0.15, 0.2) is 0 Å². The molecule has 0 radical (unpaired) electrons. The average Bonchev–Trinajstić information content (AvgIpc) is 2.71. The molecule has 0 spiro atoms. The summed E-state index contributed by atoms with van der Waals surface area (Å²) in [5.74, 6) is 1.39. The lowest BCUT2D eigenvalue weighted by molar-refractivity contribution is -0.115. The molecule has 0 atom stereocenters. The van der Waals surface area contributed by atoms with Crippen LogP contribution in [0.5, 0.6) is 11.5 Å². The van der Waals surface area contributed by atoms with Crippen molar-refractivity contribution in [2.24, 2.45) is 0 Å². The van der Waals surface area contributed by atoms with E-state index < -0.39 is 0 Å². The lowest BCUT2D eigenvalue weighted by Gasteiger charge is -2.12. The zero-order valence-electron chi connectivity index (χ0n) is 15.5. The summed E-state index contributed by atoms with van der Waals surface area (Å²) < 4.78 is 23.5. The summed E-state index contributed by atoms with van der Waals surface area (Å²) in [6.07, 6.45) is 1.71. The molecule has 28 heavy (non-hydrogen) atoms. The van der Waals surface area contributed by atoms with Crippen molar-refractivity contribution in [3.05, 3.63) is 72.2 Å². The minimum atomic E-state index is -0.330. The number of rotatable bonds is 7. The third-order valence-corrected chi connectivity index (χ3v) is 3.99. The van der Waals surface area contributed by atoms with Crippen LogP contribution in [0, 0.1) is 5.82 Å². The number of halogens is 1. The second-order valence-electron chi connectivity index (χ2n) is 5.97. The van der Waals surface area contributed by atoms with Gasteiger partial charge in [0.25, 0.3) is 0 Å². The van der Waals surface area contributed by atoms with Crippen LogP contribution >= 0.6 is 0 Å². The van der Waals surface area contributed by atoms with Crippen LogP contribution in [-0.2, 0) is 11.2 Å². The van der Waals surface area contributed by atoms with Crippen LogP contribution in [0.2, 0.25) is 0 Å². The van der Waals surface area contributed by atoms with Gasteiger partial charge in [-0.25, -0.2) is 9.37 Å². The molecule has 0 saturated carbocycles. The number of carbonyl (C=O) groups excluding carboxylic acids is 1. The van der Waals surface area contributed by atoms with Crippen LogP contribution in [0.4, 0.5) is 21.6 Å². The Balaban J connectivity index is 1.63. The number of anilines is 3. The Kier molecular flexibility index (Phi) is 6.06. The number of hydrogen-bond acceptors (Lipinski definition) is 5. The molecule has 3 aromatic rings. The van der Waals surface area contributed by atoms with E-state index in [0.717, 1.165) is 5.56 Å². The molecule has 2 N–H and O–H groups in total. The number of nitrogens with one attached hydrogen (secondary N) is 2. The lowest BCUT2D eigenvalue weighted by atomic mass is 10.1. The van der Waals surface area contributed by atoms with Crippen molar-refractivity contribution in [3.63, 3.8) is 0 Å². The molecule has 1 amide bonds. The van der Waals surface area contributed by atoms with Gasteiger partial charge in [0.1, 0.15) is 23.1 Å². The highest BCUT2D eigenvalue weighted by molar-refractivity contribution is 5.92. The Morgan fingerprint density at radius 1 is 1.04 bits per heavy atom. The highest BCUT2D eigenvalue weighted by Gasteiger charge is 2.08. The molecule has 0 bridgehead atoms. The number of benzene rings is 2. The fourth-order valence-electron chi connectivity index (χ4n) is 2.58. The van der Waals surface area contributed by atoms with Crippen LogP contribution in [0.15, 0.2) is 60.8 Å². The number of pyridine rings is 1. The van der Waals surface area contributed by atoms with Crippen molar-refractivity contribution in [1.29, 1.82) is 0 Å². The van der Waals surface area contributed by atoms with Crippen LogP contribution in [0.3, 0.4) is 0 Å². The van der Waals surface area contributed by atoms with Crippen LogP contribution in [0.25, 0.3) is 0 Å². The van der Waals surface area contributed by atoms with Gasteiger partial charge in [-0.2, -0.15) is 0 Å². The molecule has 6 nitrogen and oxygen atoms in total. The predicted molar refractivity (Wildman–Crippen MR) is 106 cm³/mol. The van der Waals surface area contributed by atoms with E-state index in [1.54, 1.807) is 62.9 Å². The molecule has 0 saturated heterocycles. The summed E-state index contributed by atoms with van der Waals surface area (Å²) in [5.41, 5.74) is 2.01. The molecule has 0 aliphatic rings. The Bertz CT molecular complexity index is 944. The van der Waals surface area contributed by atoms with Gasteiger partial charge in [-0.1, -0.05) is 12.1 Å². The van der Waals surface area contributed by atoms with E-state index in [4.69, 9.17) is 9.47 Å². The first-order valence-corrected chi connectivity index (χ1v) is 8.57. The summed E-state index contributed by atoms with van der Waals surface area (Å²) in [7, 11) is 3.17. The van der Waals surface area contributed by atoms with Crippen LogP contribution in [-0.4, -0.2) is 25.1 Å². The van der Waals surface area contributed by atoms with Gasteiger partial charge in [-0.05, 0) is 42.0 Å². The summed E-state index contributed by atoms with van der Waals surface area (Å²) in [6.45, 7) is 0. The molecule has 3 rings (SSSR count). The Hall–Kier alpha value is -3.61. The fraction of sp³-hybridized carbons (Fsp3) is 0.143. The van der Waals surface area contributed by atoms with Gasteiger partial charge in [-0.15, -0.1) is 0 Å². The van der Waals surface area contributed by atoms with Crippen molar-refractivity contribution in [3.8, 4) is 11.5 Å². The zero-order chi connectivity index (χ0) is 19.9. The third-order valence-electron chi connectivity index (χ3n) is 3.99. The molecule has 144 valence electrons. The molecule has 7 heteroatoms. The number of methoxy groups -OCH3 is 2. The van der Waals surface area contributed by atoms with Gasteiger partial charge in [-0.3, -0.25) is 4.79 Å². The normalized spacial score (nSPS) is 10.2. The van der Waals surface area contributed by atoms with E-state index in [1.165, 1.54) is 12.1 Å². The van der Waals surface area contributed by atoms with Gasteiger partial charge in [0.2, 0.25) is 5.91 Å². The van der Waals surface area contributed by atoms with E-state index in [9.17, 15) is 9.18 Å². The molecular formula is C21H20FN3O3. The van der Waals surface area contributed by atoms with Crippen molar-refractivity contribution in [2.75, 3.05) is 24.9 Å². The molecule has 0 fully saturated rings. The number of ether oxygens (including phenoxy) is 2. The quantitative estimate of drug-likeness (QED) is 0.643. The van der Waals surface area contributed by atoms with Crippen LogP contribution in [0.1, 0.15) is 5.56 Å². The minimum absolute atomic E-state index is 0.154. The Morgan fingerprint density at radius 3 is 2.46 bits per heavy atom. The second kappa shape index (κ2) is 8.85. The van der Waals surface area contributed by atoms with Gasteiger partial charge in [0, 0.05) is 6.07 Å². The fourth-order valence-corrected chi connectivity index (χ4v) is 2.58. The summed E-state index contributed by atoms with van der Waals surface area (Å²) in [4.78, 5) is 16.4. The highest BCUT2D eigenvalue weighted by atomic mass is 19.1. The zero-order valence-corrected chi connectivity index (χ0v) is 15.5. The number of aromatic nitrogens is 1. The Labute approximate surface area is 162 Å². The second-order valence-corrected chi connectivity index (χ2v) is 5.97. The SMILES string of the molecule is COc1ccc(OC)c(Nc2ccc(NC(=O)Cc3ccc(F)cc3)cn2)c1. The largest absolute Gasteiger partial charge is 0.497 e. The van der Waals surface area contributed by atoms with E-state index in [-0.39, 0.29) is 18.1 Å². The van der Waals surface area contributed by atoms with E-state index in [2.05, 4.69) is 15.6 Å². The topological polar surface area (TPSA) is 72.5 Å². The maximum absolute atomic E-state index is 12.9. The molecule has 1 aromatic heterocycles. The first kappa shape index (κ1) is 19.2. The summed E-state index contributed by atoms with van der Waals surface area (Å²) >= 11 is 0. The van der Waals surface area contributed by atoms with E-state index in [0.29, 0.717) is 28.7 Å². The van der Waals surface area contributed by atoms with Crippen molar-refractivity contribution >= 4 is 23.1 Å². The monoisotopic (exact) mass is 381 g/mol. The summed E-state index contributed by atoms with van der Waals surface area (Å²) in [6, 6.07) is 14.7. The predicted octanol–water partition coefficient (Wildman–Crippen LogP) is 4.16. The highest BCUT2D eigenvalue weighted by Crippen LogP contribution is 2.31. The molecule has 1 heterocycles. The standard InChI is InChI=1S/C21H20FN3O3/c1-27-17-8-9-19(28-2)18(12-17)25-20-10-7-16(13-23-20)24-21(26)11-14-3-5-15(22)6-4-14/h3-10,12-13H,11H2,1-2H3,(H,23,25)(H,24,26). The van der Waals surface area contributed by atoms with Gasteiger partial charge in [0.05, 0.1) is 38.2 Å². The van der Waals surface area contributed by atoms with E-state index >= 15 is 0 Å². The van der Waals surface area contributed by atoms with Crippen LogP contribution < -0.4 is 20.1 Å². The number of carbonyl (C=O) groups is 1. The van der Waals surface area contributed by atoms with Gasteiger partial charge >= 0.3 is 0 Å². The summed E-state index contributed by atoms with van der Waals surface area (Å²) in [5, 5.41) is 5.93. The number of hydrogen-bond donors (Lipinski definition) is 2. The molecule has 0 aliphatic carbocycles. The first-order chi connectivity index (χ1) is 13.6. The third kappa shape index (κ3) is 4.97. The average molecular weight is 381 g/mol. The maximum Gasteiger partial charge on any atom is 0.228 e. The van der Waals surface area contributed by atoms with Gasteiger partial charge < -0.3 is 20.1 Å². The molecule has 2 aromatic carbocycles. The lowest BCUT2D eigenvalue weighted by Crippen LogP contribution is -2.14. The Morgan fingerprint density at radius 2 is 1.82 bits per heavy atom. The molecular weight excluding hydrogens is 361 g/mol. The van der Waals surface area contributed by atoms with E-state index in [1.807, 2.05) is 0 Å². The smallest absolute Gasteiger partial charge is 0.228 e. The minimum Gasteiger partial charge on any atom is -0.497 e. The number of nitrogens with zero attached hydrogens (tertiary/aromatic N) is 1. The molecule has 0 aliphatic heterocycles. The number of amides is 1. The molecule has 0 unspecified atom stereocenters. The van der Waals surface area contributed by atoms with Crippen molar-refractivity contribution in [1.82, 2.24) is 4.98 Å². The van der Waals surface area contributed by atoms with Crippen molar-refractivity contribution < 1.29 is 18.7 Å². The first-order valence-electron chi connectivity index (χ1n) is 8.57. The maximum atomic E-state index is 12.9. The van der Waals surface area contributed by atoms with Crippen molar-refractivity contribution in [2.45, 2.75) is 6.42 Å².